The van der Waals surface area contributed by atoms with Crippen LogP contribution in [0.3, 0.4) is 0 Å². The van der Waals surface area contributed by atoms with E-state index in [2.05, 4.69) is 0 Å². The van der Waals surface area contributed by atoms with Gasteiger partial charge in [-0.25, -0.2) is 0 Å². The van der Waals surface area contributed by atoms with E-state index in [-0.39, 0.29) is 0 Å². The van der Waals surface area contributed by atoms with Gasteiger partial charge in [0.15, 0.2) is 0 Å². The molecule has 4 heteroatoms. The second-order valence-electron chi connectivity index (χ2n) is 3.62. The maximum Gasteiger partial charge on any atom is 0.307 e. The van der Waals surface area contributed by atoms with Gasteiger partial charge in [-0.15, -0.1) is 0 Å². The van der Waals surface area contributed by atoms with E-state index >= 15 is 0 Å². The molecule has 0 heterocycles. The molecule has 0 aromatic heterocycles. The van der Waals surface area contributed by atoms with Crippen LogP contribution in [0, 0.1) is 17.3 Å². The van der Waals surface area contributed by atoms with Crippen molar-refractivity contribution < 1.29 is 18.7 Å². The van der Waals surface area contributed by atoms with Gasteiger partial charge in [0.05, 0.1) is 5.92 Å². The molecule has 1 fully saturated rings. The van der Waals surface area contributed by atoms with Crippen molar-refractivity contribution >= 4 is 5.97 Å². The molecule has 0 aromatic carbocycles. The quantitative estimate of drug-likeness (QED) is 0.699. The summed E-state index contributed by atoms with van der Waals surface area (Å²) in [6.07, 6.45) is -1.06. The molecule has 1 saturated carbocycles. The highest BCUT2D eigenvalue weighted by Gasteiger charge is 2.61. The smallest absolute Gasteiger partial charge is 0.307 e. The normalized spacial score (nSPS) is 31.0. The van der Waals surface area contributed by atoms with Gasteiger partial charge in [0.1, 0.15) is 0 Å². The van der Waals surface area contributed by atoms with Crippen LogP contribution in [0.25, 0.3) is 0 Å². The number of rotatable bonds is 2. The summed E-state index contributed by atoms with van der Waals surface area (Å²) >= 11 is 0. The number of halogens is 2. The molecule has 0 aliphatic heterocycles. The highest BCUT2D eigenvalue weighted by Crippen LogP contribution is 2.59. The molecule has 12 heavy (non-hydrogen) atoms. The van der Waals surface area contributed by atoms with E-state index in [4.69, 9.17) is 5.11 Å². The summed E-state index contributed by atoms with van der Waals surface area (Å²) in [5.74, 6) is -2.17. The molecule has 0 saturated heterocycles. The molecule has 68 valence electrons. The zero-order valence-electron chi connectivity index (χ0n) is 6.84. The standard InChI is InChI=1S/C8H10F2O2/c1-8(2)4(3-5(9)10)6(8)7(11)12/h3-4,6H,1-2H3,(H,11,12)/t4-,6-/m1/s1. The van der Waals surface area contributed by atoms with Gasteiger partial charge in [-0.3, -0.25) is 4.79 Å². The zero-order valence-corrected chi connectivity index (χ0v) is 6.84. The molecule has 1 N–H and O–H groups in total. The van der Waals surface area contributed by atoms with Crippen molar-refractivity contribution in [3.63, 3.8) is 0 Å². The third-order valence-electron chi connectivity index (χ3n) is 2.48. The highest BCUT2D eigenvalue weighted by atomic mass is 19.3. The molecule has 2 nitrogen and oxygen atoms in total. The summed E-state index contributed by atoms with van der Waals surface area (Å²) in [6, 6.07) is 0. The van der Waals surface area contributed by atoms with Crippen molar-refractivity contribution in [3.8, 4) is 0 Å². The first-order chi connectivity index (χ1) is 5.37. The summed E-state index contributed by atoms with van der Waals surface area (Å²) in [4.78, 5) is 10.5. The van der Waals surface area contributed by atoms with Crippen molar-refractivity contribution in [2.75, 3.05) is 0 Å². The van der Waals surface area contributed by atoms with Gasteiger partial charge < -0.3 is 5.11 Å². The monoisotopic (exact) mass is 176 g/mol. The minimum Gasteiger partial charge on any atom is -0.481 e. The van der Waals surface area contributed by atoms with E-state index in [1.165, 1.54) is 0 Å². The van der Waals surface area contributed by atoms with Crippen LogP contribution in [0.2, 0.25) is 0 Å². The van der Waals surface area contributed by atoms with Crippen LogP contribution in [-0.2, 0) is 4.79 Å². The van der Waals surface area contributed by atoms with Crippen molar-refractivity contribution in [1.29, 1.82) is 0 Å². The van der Waals surface area contributed by atoms with Gasteiger partial charge in [-0.05, 0) is 11.5 Å². The lowest BCUT2D eigenvalue weighted by Crippen LogP contribution is -2.02. The molecule has 0 bridgehead atoms. The van der Waals surface area contributed by atoms with Gasteiger partial charge in [0.2, 0.25) is 0 Å². The van der Waals surface area contributed by atoms with E-state index in [1.54, 1.807) is 13.8 Å². The third-order valence-corrected chi connectivity index (χ3v) is 2.48. The Bertz CT molecular complexity index is 241. The van der Waals surface area contributed by atoms with E-state index in [1.807, 2.05) is 0 Å². The number of hydrogen-bond acceptors (Lipinski definition) is 1. The lowest BCUT2D eigenvalue weighted by molar-refractivity contribution is -0.139. The predicted molar refractivity (Wildman–Crippen MR) is 38.7 cm³/mol. The number of allylic oxidation sites excluding steroid dienone is 1. The number of aliphatic carboxylic acids is 1. The Kier molecular flexibility index (Phi) is 1.94. The number of carbonyl (C=O) groups is 1. The first-order valence-electron chi connectivity index (χ1n) is 3.63. The molecular formula is C8H10F2O2. The lowest BCUT2D eigenvalue weighted by Gasteiger charge is -1.95. The van der Waals surface area contributed by atoms with E-state index in [0.717, 1.165) is 6.08 Å². The van der Waals surface area contributed by atoms with Gasteiger partial charge >= 0.3 is 5.97 Å². The van der Waals surface area contributed by atoms with Crippen LogP contribution in [0.4, 0.5) is 8.78 Å². The number of carboxylic acid groups (broad SMARTS) is 1. The molecular weight excluding hydrogens is 166 g/mol. The molecule has 0 unspecified atom stereocenters. The van der Waals surface area contributed by atoms with E-state index < -0.39 is 29.3 Å². The Labute approximate surface area is 68.9 Å². The molecule has 1 aliphatic rings. The first-order valence-corrected chi connectivity index (χ1v) is 3.63. The summed E-state index contributed by atoms with van der Waals surface area (Å²) < 4.78 is 23.5. The molecule has 0 amide bonds. The SMILES string of the molecule is CC1(C)[C@H](C=C(F)F)[C@@H]1C(=O)O. The molecule has 1 rings (SSSR count). The Morgan fingerprint density at radius 3 is 2.25 bits per heavy atom. The number of hydrogen-bond donors (Lipinski definition) is 1. The van der Waals surface area contributed by atoms with Gasteiger partial charge in [0.25, 0.3) is 6.08 Å². The lowest BCUT2D eigenvalue weighted by atomic mass is 10.1. The summed E-state index contributed by atoms with van der Waals surface area (Å²) in [6.45, 7) is 3.35. The van der Waals surface area contributed by atoms with Crippen molar-refractivity contribution in [2.24, 2.45) is 17.3 Å². The number of carboxylic acids is 1. The van der Waals surface area contributed by atoms with Crippen LogP contribution < -0.4 is 0 Å². The maximum absolute atomic E-state index is 11.8. The summed E-state index contributed by atoms with van der Waals surface area (Å²) in [5, 5.41) is 8.60. The largest absolute Gasteiger partial charge is 0.481 e. The Hall–Kier alpha value is -0.930. The Morgan fingerprint density at radius 1 is 1.50 bits per heavy atom. The molecule has 2 atom stereocenters. The van der Waals surface area contributed by atoms with Crippen LogP contribution in [-0.4, -0.2) is 11.1 Å². The van der Waals surface area contributed by atoms with Crippen LogP contribution in [0.1, 0.15) is 13.8 Å². The molecule has 1 aliphatic carbocycles. The average molecular weight is 176 g/mol. The zero-order chi connectivity index (χ0) is 9.52. The highest BCUT2D eigenvalue weighted by molar-refractivity contribution is 5.76. The van der Waals surface area contributed by atoms with Crippen LogP contribution in [0.5, 0.6) is 0 Å². The van der Waals surface area contributed by atoms with Gasteiger partial charge in [0, 0.05) is 5.92 Å². The Morgan fingerprint density at radius 2 is 2.00 bits per heavy atom. The fraction of sp³-hybridized carbons (Fsp3) is 0.625. The van der Waals surface area contributed by atoms with E-state index in [0.29, 0.717) is 0 Å². The topological polar surface area (TPSA) is 37.3 Å². The van der Waals surface area contributed by atoms with E-state index in [9.17, 15) is 13.6 Å². The minimum atomic E-state index is -1.79. The third kappa shape index (κ3) is 1.33. The fourth-order valence-corrected chi connectivity index (χ4v) is 1.60. The average Bonchev–Trinajstić information content (AvgIpc) is 2.32. The van der Waals surface area contributed by atoms with Crippen molar-refractivity contribution in [1.82, 2.24) is 0 Å². The van der Waals surface area contributed by atoms with Crippen molar-refractivity contribution in [2.45, 2.75) is 13.8 Å². The van der Waals surface area contributed by atoms with Gasteiger partial charge in [-0.1, -0.05) is 13.8 Å². The maximum atomic E-state index is 11.8. The predicted octanol–water partition coefficient (Wildman–Crippen LogP) is 2.12. The molecule has 0 aromatic rings. The minimum absolute atomic E-state index is 0.514. The Balaban J connectivity index is 2.73. The summed E-state index contributed by atoms with van der Waals surface area (Å²) in [5.41, 5.74) is -0.519. The van der Waals surface area contributed by atoms with Gasteiger partial charge in [-0.2, -0.15) is 8.78 Å². The fourth-order valence-electron chi connectivity index (χ4n) is 1.60. The first kappa shape index (κ1) is 9.16. The second kappa shape index (κ2) is 2.54. The van der Waals surface area contributed by atoms with Crippen LogP contribution in [0.15, 0.2) is 12.2 Å². The molecule has 0 spiro atoms. The second-order valence-corrected chi connectivity index (χ2v) is 3.62. The molecule has 0 radical (unpaired) electrons. The summed E-state index contributed by atoms with van der Waals surface area (Å²) in [7, 11) is 0. The van der Waals surface area contributed by atoms with Crippen molar-refractivity contribution in [3.05, 3.63) is 12.2 Å². The van der Waals surface area contributed by atoms with Crippen LogP contribution >= 0.6 is 0 Å².